The average molecular weight is 238 g/mol. The Morgan fingerprint density at radius 3 is 2.62 bits per heavy atom. The molecule has 1 aromatic carbocycles. The van der Waals surface area contributed by atoms with E-state index in [1.165, 1.54) is 0 Å². The van der Waals surface area contributed by atoms with Crippen LogP contribution in [-0.4, -0.2) is 24.4 Å². The number of carbonyl (C=O) groups is 1. The minimum Gasteiger partial charge on any atom is -0.496 e. The van der Waals surface area contributed by atoms with Crippen molar-refractivity contribution in [3.8, 4) is 5.75 Å². The Labute approximate surface area is 98.8 Å². The monoisotopic (exact) mass is 238 g/mol. The van der Waals surface area contributed by atoms with Crippen molar-refractivity contribution in [1.29, 1.82) is 0 Å². The number of carboxylic acid groups (broad SMARTS) is 1. The molecule has 1 N–H and O–H groups in total. The first kappa shape index (κ1) is 11.3. The van der Waals surface area contributed by atoms with E-state index in [1.807, 2.05) is 24.5 Å². The maximum Gasteiger partial charge on any atom is 0.314 e. The van der Waals surface area contributed by atoms with Gasteiger partial charge in [-0.25, -0.2) is 0 Å². The minimum atomic E-state index is -0.730. The van der Waals surface area contributed by atoms with Gasteiger partial charge in [0.2, 0.25) is 0 Å². The molecule has 4 heteroatoms. The van der Waals surface area contributed by atoms with Crippen molar-refractivity contribution >= 4 is 17.7 Å². The van der Waals surface area contributed by atoms with Crippen LogP contribution < -0.4 is 4.74 Å². The van der Waals surface area contributed by atoms with E-state index in [1.54, 1.807) is 18.9 Å². The molecule has 0 aliphatic heterocycles. The predicted octanol–water partition coefficient (Wildman–Crippen LogP) is 2.53. The zero-order valence-electron chi connectivity index (χ0n) is 9.32. The summed E-state index contributed by atoms with van der Waals surface area (Å²) in [6.07, 6.45) is 3.43. The number of hydrogen-bond donors (Lipinski definition) is 1. The molecule has 0 spiro atoms. The fourth-order valence-electron chi connectivity index (χ4n) is 1.88. The molecule has 1 saturated carbocycles. The number of rotatable bonds is 4. The number of aliphatic carboxylic acids is 1. The molecule has 16 heavy (non-hydrogen) atoms. The van der Waals surface area contributed by atoms with Gasteiger partial charge in [-0.15, -0.1) is 11.8 Å². The summed E-state index contributed by atoms with van der Waals surface area (Å²) in [5.41, 5.74) is 0.208. The highest BCUT2D eigenvalue weighted by Gasteiger charge is 2.51. The highest BCUT2D eigenvalue weighted by Crippen LogP contribution is 2.49. The third-order valence-electron chi connectivity index (χ3n) is 3.10. The van der Waals surface area contributed by atoms with Gasteiger partial charge in [0.25, 0.3) is 0 Å². The Hall–Kier alpha value is -1.16. The standard InChI is InChI=1S/C12H14O3S/c1-15-9-7-8(3-4-10(9)16-2)12(5-6-12)11(13)14/h3-4,7H,5-6H2,1-2H3,(H,13,14). The van der Waals surface area contributed by atoms with Crippen LogP contribution >= 0.6 is 11.8 Å². The molecule has 0 amide bonds. The first-order valence-corrected chi connectivity index (χ1v) is 6.32. The summed E-state index contributed by atoms with van der Waals surface area (Å²) in [5, 5.41) is 9.20. The van der Waals surface area contributed by atoms with Crippen molar-refractivity contribution in [2.45, 2.75) is 23.2 Å². The lowest BCUT2D eigenvalue weighted by Crippen LogP contribution is -2.19. The zero-order chi connectivity index (χ0) is 11.8. The Morgan fingerprint density at radius 1 is 1.50 bits per heavy atom. The summed E-state index contributed by atoms with van der Waals surface area (Å²) < 4.78 is 5.27. The molecule has 86 valence electrons. The zero-order valence-corrected chi connectivity index (χ0v) is 10.1. The van der Waals surface area contributed by atoms with E-state index in [2.05, 4.69) is 0 Å². The number of hydrogen-bond acceptors (Lipinski definition) is 3. The van der Waals surface area contributed by atoms with Crippen LogP contribution in [0.15, 0.2) is 23.1 Å². The summed E-state index contributed by atoms with van der Waals surface area (Å²) in [6.45, 7) is 0. The molecular weight excluding hydrogens is 224 g/mol. The number of benzene rings is 1. The summed E-state index contributed by atoms with van der Waals surface area (Å²) in [7, 11) is 1.61. The van der Waals surface area contributed by atoms with Crippen molar-refractivity contribution in [2.75, 3.05) is 13.4 Å². The predicted molar refractivity (Wildman–Crippen MR) is 63.3 cm³/mol. The van der Waals surface area contributed by atoms with Gasteiger partial charge in [0, 0.05) is 4.90 Å². The van der Waals surface area contributed by atoms with Gasteiger partial charge in [-0.2, -0.15) is 0 Å². The van der Waals surface area contributed by atoms with E-state index < -0.39 is 11.4 Å². The van der Waals surface area contributed by atoms with Crippen LogP contribution in [0.25, 0.3) is 0 Å². The first-order valence-electron chi connectivity index (χ1n) is 5.10. The molecule has 1 aromatic rings. The topological polar surface area (TPSA) is 46.5 Å². The second-order valence-corrected chi connectivity index (χ2v) is 4.81. The Kier molecular flexibility index (Phi) is 2.84. The third-order valence-corrected chi connectivity index (χ3v) is 3.87. The quantitative estimate of drug-likeness (QED) is 0.819. The van der Waals surface area contributed by atoms with Crippen molar-refractivity contribution < 1.29 is 14.6 Å². The highest BCUT2D eigenvalue weighted by molar-refractivity contribution is 7.98. The van der Waals surface area contributed by atoms with Crippen molar-refractivity contribution in [3.63, 3.8) is 0 Å². The summed E-state index contributed by atoms with van der Waals surface area (Å²) >= 11 is 1.60. The van der Waals surface area contributed by atoms with Crippen LogP contribution in [0.5, 0.6) is 5.75 Å². The first-order chi connectivity index (χ1) is 7.64. The smallest absolute Gasteiger partial charge is 0.314 e. The normalized spacial score (nSPS) is 16.9. The van der Waals surface area contributed by atoms with E-state index in [0.29, 0.717) is 0 Å². The second-order valence-electron chi connectivity index (χ2n) is 3.96. The number of carboxylic acids is 1. The lowest BCUT2D eigenvalue weighted by atomic mass is 9.96. The van der Waals surface area contributed by atoms with E-state index >= 15 is 0 Å². The molecule has 3 nitrogen and oxygen atoms in total. The number of methoxy groups -OCH3 is 1. The van der Waals surface area contributed by atoms with Crippen LogP contribution in [0.4, 0.5) is 0 Å². The molecule has 0 atom stereocenters. The molecule has 1 aliphatic rings. The van der Waals surface area contributed by atoms with E-state index in [4.69, 9.17) is 4.74 Å². The van der Waals surface area contributed by atoms with Gasteiger partial charge in [0.05, 0.1) is 12.5 Å². The maximum absolute atomic E-state index is 11.2. The van der Waals surface area contributed by atoms with Crippen molar-refractivity contribution in [2.24, 2.45) is 0 Å². The summed E-state index contributed by atoms with van der Waals surface area (Å²) in [6, 6.07) is 5.68. The maximum atomic E-state index is 11.2. The third kappa shape index (κ3) is 1.67. The number of thioether (sulfide) groups is 1. The fourth-order valence-corrected chi connectivity index (χ4v) is 2.43. The van der Waals surface area contributed by atoms with Crippen LogP contribution in [0.2, 0.25) is 0 Å². The second kappa shape index (κ2) is 4.01. The van der Waals surface area contributed by atoms with E-state index in [9.17, 15) is 9.90 Å². The lowest BCUT2D eigenvalue weighted by molar-refractivity contribution is -0.140. The van der Waals surface area contributed by atoms with Crippen LogP contribution in [0, 0.1) is 0 Å². The van der Waals surface area contributed by atoms with Crippen LogP contribution in [-0.2, 0) is 10.2 Å². The van der Waals surface area contributed by atoms with Gasteiger partial charge in [-0.1, -0.05) is 6.07 Å². The fraction of sp³-hybridized carbons (Fsp3) is 0.417. The van der Waals surface area contributed by atoms with Gasteiger partial charge in [0.15, 0.2) is 0 Å². The highest BCUT2D eigenvalue weighted by atomic mass is 32.2. The lowest BCUT2D eigenvalue weighted by Gasteiger charge is -2.13. The van der Waals surface area contributed by atoms with Crippen LogP contribution in [0.1, 0.15) is 18.4 Å². The Morgan fingerprint density at radius 2 is 2.19 bits per heavy atom. The molecule has 2 rings (SSSR count). The van der Waals surface area contributed by atoms with E-state index in [0.717, 1.165) is 29.1 Å². The molecule has 0 aromatic heterocycles. The summed E-state index contributed by atoms with van der Waals surface area (Å²) in [5.74, 6) is 0.0315. The van der Waals surface area contributed by atoms with Crippen molar-refractivity contribution in [3.05, 3.63) is 23.8 Å². The Bertz CT molecular complexity index is 424. The minimum absolute atomic E-state index is 0.649. The molecular formula is C12H14O3S. The molecule has 0 heterocycles. The molecule has 0 radical (unpaired) electrons. The van der Waals surface area contributed by atoms with Crippen LogP contribution in [0.3, 0.4) is 0 Å². The molecule has 0 saturated heterocycles. The molecule has 0 bridgehead atoms. The van der Waals surface area contributed by atoms with Gasteiger partial charge in [-0.05, 0) is 36.8 Å². The molecule has 0 unspecified atom stereocenters. The van der Waals surface area contributed by atoms with Crippen molar-refractivity contribution in [1.82, 2.24) is 0 Å². The average Bonchev–Trinajstić information content (AvgIpc) is 3.09. The SMILES string of the molecule is COc1cc(C2(C(=O)O)CC2)ccc1SC. The molecule has 1 fully saturated rings. The summed E-state index contributed by atoms with van der Waals surface area (Å²) in [4.78, 5) is 12.2. The molecule has 1 aliphatic carbocycles. The van der Waals surface area contributed by atoms with Gasteiger partial charge >= 0.3 is 5.97 Å². The Balaban J connectivity index is 2.40. The number of ether oxygens (including phenoxy) is 1. The van der Waals surface area contributed by atoms with Gasteiger partial charge in [0.1, 0.15) is 5.75 Å². The van der Waals surface area contributed by atoms with Gasteiger partial charge in [-0.3, -0.25) is 4.79 Å². The largest absolute Gasteiger partial charge is 0.496 e. The van der Waals surface area contributed by atoms with E-state index in [-0.39, 0.29) is 0 Å². The van der Waals surface area contributed by atoms with Gasteiger partial charge < -0.3 is 9.84 Å².